The maximum atomic E-state index is 4.29. The van der Waals surface area contributed by atoms with Gasteiger partial charge in [-0.15, -0.1) is 0 Å². The molecule has 0 radical (unpaired) electrons. The molecule has 0 aromatic carbocycles. The molecule has 14 heavy (non-hydrogen) atoms. The van der Waals surface area contributed by atoms with Crippen molar-refractivity contribution >= 4 is 5.71 Å². The van der Waals surface area contributed by atoms with Gasteiger partial charge in [-0.3, -0.25) is 4.99 Å². The van der Waals surface area contributed by atoms with Gasteiger partial charge in [0.25, 0.3) is 0 Å². The topological polar surface area (TPSA) is 12.4 Å². The highest BCUT2D eigenvalue weighted by Crippen LogP contribution is 2.08. The molecular weight excluding hydrogens is 170 g/mol. The van der Waals surface area contributed by atoms with Crippen LogP contribution in [0.2, 0.25) is 0 Å². The second-order valence-corrected chi connectivity index (χ2v) is 4.01. The largest absolute Gasteiger partial charge is 0.263 e. The van der Waals surface area contributed by atoms with Crippen LogP contribution < -0.4 is 0 Å². The van der Waals surface area contributed by atoms with Crippen LogP contribution in [-0.4, -0.2) is 5.71 Å². The van der Waals surface area contributed by atoms with E-state index in [4.69, 9.17) is 0 Å². The summed E-state index contributed by atoms with van der Waals surface area (Å²) < 4.78 is 0. The number of hydrogen-bond donors (Lipinski definition) is 0. The van der Waals surface area contributed by atoms with E-state index in [1.165, 1.54) is 18.6 Å². The maximum absolute atomic E-state index is 4.29. The van der Waals surface area contributed by atoms with Crippen LogP contribution in [0.15, 0.2) is 17.3 Å². The van der Waals surface area contributed by atoms with E-state index in [2.05, 4.69) is 46.2 Å². The van der Waals surface area contributed by atoms with Gasteiger partial charge in [-0.2, -0.15) is 0 Å². The molecule has 1 nitrogen and oxygen atoms in total. The second kappa shape index (κ2) is 10.5. The first-order chi connectivity index (χ1) is 6.47. The standard InChI is InChI=1S/C10H19N.C3H8/c1-6-9(4)7-10(5)11-8(2)3;1-3-2/h9H,2,6-7H2,1,3-5H3;3H2,1-2H3. The zero-order chi connectivity index (χ0) is 11.6. The summed E-state index contributed by atoms with van der Waals surface area (Å²) in [7, 11) is 0. The summed E-state index contributed by atoms with van der Waals surface area (Å²) in [5.74, 6) is 0.748. The number of hydrogen-bond acceptors (Lipinski definition) is 1. The summed E-state index contributed by atoms with van der Waals surface area (Å²) in [5.41, 5.74) is 2.11. The lowest BCUT2D eigenvalue weighted by atomic mass is 10.0. The van der Waals surface area contributed by atoms with Crippen molar-refractivity contribution in [3.63, 3.8) is 0 Å². The first-order valence-corrected chi connectivity index (χ1v) is 5.67. The Bertz CT molecular complexity index is 168. The number of rotatable bonds is 4. The fourth-order valence-electron chi connectivity index (χ4n) is 1.02. The van der Waals surface area contributed by atoms with Crippen LogP contribution in [-0.2, 0) is 0 Å². The van der Waals surface area contributed by atoms with Crippen LogP contribution in [0.3, 0.4) is 0 Å². The Balaban J connectivity index is 0. The van der Waals surface area contributed by atoms with Gasteiger partial charge in [0, 0.05) is 11.4 Å². The van der Waals surface area contributed by atoms with Crippen LogP contribution in [0.4, 0.5) is 0 Å². The Morgan fingerprint density at radius 2 is 1.64 bits per heavy atom. The molecule has 0 aliphatic heterocycles. The minimum atomic E-state index is 0.748. The lowest BCUT2D eigenvalue weighted by Crippen LogP contribution is -2.00. The van der Waals surface area contributed by atoms with Crippen molar-refractivity contribution in [3.8, 4) is 0 Å². The minimum absolute atomic E-state index is 0.748. The Labute approximate surface area is 90.3 Å². The molecular formula is C13H27N. The van der Waals surface area contributed by atoms with Gasteiger partial charge in [-0.05, 0) is 26.2 Å². The maximum Gasteiger partial charge on any atom is 0.0300 e. The predicted molar refractivity (Wildman–Crippen MR) is 68.0 cm³/mol. The third-order valence-electron chi connectivity index (χ3n) is 1.72. The number of aliphatic imine (C=N–C) groups is 1. The summed E-state index contributed by atoms with van der Waals surface area (Å²) >= 11 is 0. The van der Waals surface area contributed by atoms with Gasteiger partial charge in [-0.1, -0.05) is 47.1 Å². The van der Waals surface area contributed by atoms with Crippen molar-refractivity contribution in [1.29, 1.82) is 0 Å². The van der Waals surface area contributed by atoms with E-state index in [0.717, 1.165) is 18.0 Å². The summed E-state index contributed by atoms with van der Waals surface area (Å²) in [6, 6.07) is 0. The summed E-state index contributed by atoms with van der Waals surface area (Å²) in [4.78, 5) is 4.29. The van der Waals surface area contributed by atoms with Crippen LogP contribution in [0.25, 0.3) is 0 Å². The van der Waals surface area contributed by atoms with E-state index in [9.17, 15) is 0 Å². The molecule has 0 rings (SSSR count). The van der Waals surface area contributed by atoms with Crippen LogP contribution in [0, 0.1) is 5.92 Å². The first-order valence-electron chi connectivity index (χ1n) is 5.67. The molecule has 0 N–H and O–H groups in total. The molecule has 0 aliphatic rings. The lowest BCUT2D eigenvalue weighted by Gasteiger charge is -2.06. The average Bonchev–Trinajstić information content (AvgIpc) is 2.03. The third-order valence-corrected chi connectivity index (χ3v) is 1.72. The number of allylic oxidation sites excluding steroid dienone is 1. The van der Waals surface area contributed by atoms with Gasteiger partial charge in [0.1, 0.15) is 0 Å². The van der Waals surface area contributed by atoms with Gasteiger partial charge in [-0.25, -0.2) is 0 Å². The normalized spacial score (nSPS) is 12.9. The lowest BCUT2D eigenvalue weighted by molar-refractivity contribution is 0.586. The third kappa shape index (κ3) is 14.0. The molecule has 0 amide bonds. The molecule has 0 aromatic heterocycles. The molecule has 1 heteroatoms. The Morgan fingerprint density at radius 1 is 1.21 bits per heavy atom. The van der Waals surface area contributed by atoms with E-state index in [1.54, 1.807) is 0 Å². The smallest absolute Gasteiger partial charge is 0.0300 e. The van der Waals surface area contributed by atoms with Crippen LogP contribution in [0.5, 0.6) is 0 Å². The highest BCUT2D eigenvalue weighted by Gasteiger charge is 1.99. The second-order valence-electron chi connectivity index (χ2n) is 4.01. The summed E-state index contributed by atoms with van der Waals surface area (Å²) in [6.45, 7) is 16.4. The SMILES string of the molecule is C=C(C)N=C(C)CC(C)CC.CCC. The zero-order valence-corrected chi connectivity index (χ0v) is 10.9. The van der Waals surface area contributed by atoms with Crippen molar-refractivity contribution in [3.05, 3.63) is 12.3 Å². The molecule has 0 heterocycles. The van der Waals surface area contributed by atoms with Gasteiger partial charge in [0.05, 0.1) is 0 Å². The Kier molecular flexibility index (Phi) is 11.9. The van der Waals surface area contributed by atoms with Crippen LogP contribution in [0.1, 0.15) is 60.8 Å². The summed E-state index contributed by atoms with van der Waals surface area (Å²) in [6.07, 6.45) is 3.58. The van der Waals surface area contributed by atoms with Crippen molar-refractivity contribution < 1.29 is 0 Å². The monoisotopic (exact) mass is 197 g/mol. The van der Waals surface area contributed by atoms with Crippen molar-refractivity contribution in [2.75, 3.05) is 0 Å². The molecule has 0 fully saturated rings. The van der Waals surface area contributed by atoms with Gasteiger partial charge in [0.2, 0.25) is 0 Å². The molecule has 1 atom stereocenters. The Morgan fingerprint density at radius 3 is 1.93 bits per heavy atom. The average molecular weight is 197 g/mol. The number of nitrogens with zero attached hydrogens (tertiary/aromatic N) is 1. The van der Waals surface area contributed by atoms with E-state index in [-0.39, 0.29) is 0 Å². The Hall–Kier alpha value is -0.590. The molecule has 0 saturated carbocycles. The van der Waals surface area contributed by atoms with Crippen molar-refractivity contribution in [1.82, 2.24) is 0 Å². The molecule has 0 bridgehead atoms. The first kappa shape index (κ1) is 15.9. The van der Waals surface area contributed by atoms with Gasteiger partial charge in [0.15, 0.2) is 0 Å². The zero-order valence-electron chi connectivity index (χ0n) is 10.9. The predicted octanol–water partition coefficient (Wildman–Crippen LogP) is 4.83. The van der Waals surface area contributed by atoms with Gasteiger partial charge >= 0.3 is 0 Å². The highest BCUT2D eigenvalue weighted by molar-refractivity contribution is 5.82. The van der Waals surface area contributed by atoms with Crippen molar-refractivity contribution in [2.24, 2.45) is 10.9 Å². The molecule has 0 spiro atoms. The quantitative estimate of drug-likeness (QED) is 0.572. The van der Waals surface area contributed by atoms with E-state index in [1.807, 2.05) is 6.92 Å². The van der Waals surface area contributed by atoms with Crippen molar-refractivity contribution in [2.45, 2.75) is 60.8 Å². The van der Waals surface area contributed by atoms with Gasteiger partial charge < -0.3 is 0 Å². The van der Waals surface area contributed by atoms with E-state index < -0.39 is 0 Å². The van der Waals surface area contributed by atoms with E-state index in [0.29, 0.717) is 0 Å². The molecule has 0 aliphatic carbocycles. The highest BCUT2D eigenvalue weighted by atomic mass is 14.7. The van der Waals surface area contributed by atoms with E-state index >= 15 is 0 Å². The fourth-order valence-corrected chi connectivity index (χ4v) is 1.02. The molecule has 0 aromatic rings. The molecule has 0 saturated heterocycles. The van der Waals surface area contributed by atoms with Crippen LogP contribution >= 0.6 is 0 Å². The fraction of sp³-hybridized carbons (Fsp3) is 0.769. The molecule has 1 unspecified atom stereocenters. The summed E-state index contributed by atoms with van der Waals surface area (Å²) in [5, 5.41) is 0. The molecule has 84 valence electrons. The minimum Gasteiger partial charge on any atom is -0.263 e.